The van der Waals surface area contributed by atoms with Gasteiger partial charge in [0.2, 0.25) is 0 Å². The van der Waals surface area contributed by atoms with E-state index >= 15 is 0 Å². The van der Waals surface area contributed by atoms with E-state index in [1.54, 1.807) is 0 Å². The molecule has 8 heavy (non-hydrogen) atoms. The van der Waals surface area contributed by atoms with E-state index in [0.717, 1.165) is 18.2 Å². The van der Waals surface area contributed by atoms with Crippen LogP contribution in [0.3, 0.4) is 0 Å². The summed E-state index contributed by atoms with van der Waals surface area (Å²) < 4.78 is 0. The molecule has 3 heteroatoms. The van der Waals surface area contributed by atoms with Crippen molar-refractivity contribution in [2.75, 3.05) is 5.33 Å². The highest BCUT2D eigenvalue weighted by atomic mass is 79.9. The maximum absolute atomic E-state index is 3.30. The lowest BCUT2D eigenvalue weighted by Gasteiger charge is -1.78. The molecule has 0 unspecified atom stereocenters. The van der Waals surface area contributed by atoms with Gasteiger partial charge in [0.25, 0.3) is 0 Å². The van der Waals surface area contributed by atoms with Crippen molar-refractivity contribution in [3.05, 3.63) is 0 Å². The number of hydrogen-bond donors (Lipinski definition) is 0. The molecule has 0 aromatic rings. The van der Waals surface area contributed by atoms with Crippen molar-refractivity contribution in [3.8, 4) is 10.8 Å². The minimum Gasteiger partial charge on any atom is -0.0928 e. The SMILES string of the molecule is BrC#CCCCBr.[MgH2]. The molecule has 0 saturated carbocycles. The second-order valence-electron chi connectivity index (χ2n) is 1.06. The molecule has 0 amide bonds. The van der Waals surface area contributed by atoms with Crippen molar-refractivity contribution in [2.24, 2.45) is 0 Å². The Labute approximate surface area is 83.2 Å². The fourth-order valence-electron chi connectivity index (χ4n) is 0.202. The van der Waals surface area contributed by atoms with Crippen molar-refractivity contribution in [2.45, 2.75) is 12.8 Å². The summed E-state index contributed by atoms with van der Waals surface area (Å²) in [5.74, 6) is 2.89. The molecule has 0 heterocycles. The molecule has 0 spiro atoms. The molecule has 0 aliphatic heterocycles. The normalized spacial score (nSPS) is 6.25. The lowest BCUT2D eigenvalue weighted by atomic mass is 10.4. The molecular formula is C5H8Br2Mg. The van der Waals surface area contributed by atoms with Crippen LogP contribution >= 0.6 is 31.9 Å². The molecule has 0 bridgehead atoms. The first kappa shape index (κ1) is 12.0. The fraction of sp³-hybridized carbons (Fsp3) is 0.600. The number of alkyl halides is 1. The van der Waals surface area contributed by atoms with Gasteiger partial charge in [-0.25, -0.2) is 0 Å². The predicted octanol–water partition coefficient (Wildman–Crippen LogP) is 1.60. The van der Waals surface area contributed by atoms with Gasteiger partial charge in [-0.15, -0.1) is 0 Å². The number of hydrogen-bond acceptors (Lipinski definition) is 0. The highest BCUT2D eigenvalue weighted by Gasteiger charge is 1.74. The molecular weight excluding hydrogens is 244 g/mol. The number of unbranched alkanes of at least 4 members (excludes halogenated alkanes) is 1. The maximum atomic E-state index is 3.30. The molecule has 0 aliphatic carbocycles. The van der Waals surface area contributed by atoms with E-state index in [1.165, 1.54) is 0 Å². The molecule has 0 atom stereocenters. The zero-order valence-electron chi connectivity index (χ0n) is 3.88. The molecule has 0 saturated heterocycles. The van der Waals surface area contributed by atoms with Gasteiger partial charge in [-0.2, -0.15) is 0 Å². The second kappa shape index (κ2) is 11.1. The van der Waals surface area contributed by atoms with E-state index in [9.17, 15) is 0 Å². The van der Waals surface area contributed by atoms with E-state index in [0.29, 0.717) is 0 Å². The Morgan fingerprint density at radius 2 is 2.00 bits per heavy atom. The lowest BCUT2D eigenvalue weighted by molar-refractivity contribution is 1.01. The maximum Gasteiger partial charge on any atom is 0.316 e. The predicted molar refractivity (Wildman–Crippen MR) is 48.3 cm³/mol. The van der Waals surface area contributed by atoms with Gasteiger partial charge in [-0.05, 0) is 11.3 Å². The van der Waals surface area contributed by atoms with Crippen molar-refractivity contribution in [1.82, 2.24) is 0 Å². The fourth-order valence-corrected chi connectivity index (χ4v) is 0.681. The first-order valence-electron chi connectivity index (χ1n) is 2.06. The van der Waals surface area contributed by atoms with Crippen LogP contribution in [0.5, 0.6) is 0 Å². The Morgan fingerprint density at radius 3 is 2.38 bits per heavy atom. The van der Waals surface area contributed by atoms with Crippen LogP contribution in [0.15, 0.2) is 0 Å². The van der Waals surface area contributed by atoms with Gasteiger partial charge in [-0.3, -0.25) is 0 Å². The third-order valence-corrected chi connectivity index (χ3v) is 1.34. The molecule has 0 radical (unpaired) electrons. The van der Waals surface area contributed by atoms with Crippen molar-refractivity contribution in [1.29, 1.82) is 0 Å². The van der Waals surface area contributed by atoms with E-state index in [-0.39, 0.29) is 23.1 Å². The Kier molecular flexibility index (Phi) is 16.7. The van der Waals surface area contributed by atoms with Gasteiger partial charge in [0.1, 0.15) is 0 Å². The van der Waals surface area contributed by atoms with E-state index < -0.39 is 0 Å². The second-order valence-corrected chi connectivity index (χ2v) is 2.25. The first-order chi connectivity index (χ1) is 3.41. The number of rotatable bonds is 2. The molecule has 0 aromatic heterocycles. The third kappa shape index (κ3) is 10.3. The molecule has 0 rings (SSSR count). The Bertz CT molecular complexity index is 82.2. The van der Waals surface area contributed by atoms with Gasteiger partial charge in [0, 0.05) is 27.7 Å². The average molecular weight is 252 g/mol. The minimum absolute atomic E-state index is 0. The molecule has 44 valence electrons. The zero-order valence-corrected chi connectivity index (χ0v) is 7.05. The van der Waals surface area contributed by atoms with Crippen molar-refractivity contribution < 1.29 is 0 Å². The van der Waals surface area contributed by atoms with Gasteiger partial charge in [-0.1, -0.05) is 21.9 Å². The lowest BCUT2D eigenvalue weighted by Crippen LogP contribution is -1.68. The quantitative estimate of drug-likeness (QED) is 0.303. The van der Waals surface area contributed by atoms with Crippen LogP contribution in [0.2, 0.25) is 0 Å². The summed E-state index contributed by atoms with van der Waals surface area (Å²) in [6.45, 7) is 0. The minimum atomic E-state index is 0. The summed E-state index contributed by atoms with van der Waals surface area (Å²) in [7, 11) is 0. The van der Waals surface area contributed by atoms with Crippen molar-refractivity contribution in [3.63, 3.8) is 0 Å². The van der Waals surface area contributed by atoms with Gasteiger partial charge in [0.15, 0.2) is 0 Å². The molecule has 0 nitrogen and oxygen atoms in total. The molecule has 0 aliphatic rings. The van der Waals surface area contributed by atoms with Crippen LogP contribution < -0.4 is 0 Å². The van der Waals surface area contributed by atoms with Crippen molar-refractivity contribution >= 4 is 54.9 Å². The first-order valence-corrected chi connectivity index (χ1v) is 3.97. The van der Waals surface area contributed by atoms with Crippen LogP contribution in [-0.2, 0) is 0 Å². The third-order valence-electron chi connectivity index (χ3n) is 0.502. The monoisotopic (exact) mass is 250 g/mol. The summed E-state index contributed by atoms with van der Waals surface area (Å²) in [6.07, 6.45) is 2.12. The highest BCUT2D eigenvalue weighted by molar-refractivity contribution is 9.12. The van der Waals surface area contributed by atoms with Gasteiger partial charge in [0.05, 0.1) is 0 Å². The number of halogens is 2. The summed E-state index contributed by atoms with van der Waals surface area (Å²) >= 11 is 6.30. The van der Waals surface area contributed by atoms with Crippen LogP contribution in [0.25, 0.3) is 0 Å². The standard InChI is InChI=1S/C5H6Br2.Mg.2H/c6-4-2-1-3-5-7;;;/h1-2,4H2;;;. The molecule has 0 fully saturated rings. The van der Waals surface area contributed by atoms with E-state index in [2.05, 4.69) is 42.6 Å². The molecule has 0 N–H and O–H groups in total. The Morgan fingerprint density at radius 1 is 1.38 bits per heavy atom. The summed E-state index contributed by atoms with van der Waals surface area (Å²) in [6, 6.07) is 0. The van der Waals surface area contributed by atoms with Crippen LogP contribution in [0, 0.1) is 10.8 Å². The Hall–Kier alpha value is 1.29. The average Bonchev–Trinajstić information content (AvgIpc) is 1.69. The largest absolute Gasteiger partial charge is 0.316 e. The Balaban J connectivity index is 0. The zero-order chi connectivity index (χ0) is 5.54. The van der Waals surface area contributed by atoms with Crippen LogP contribution in [0.1, 0.15) is 12.8 Å². The van der Waals surface area contributed by atoms with E-state index in [4.69, 9.17) is 0 Å². The molecule has 0 aromatic carbocycles. The topological polar surface area (TPSA) is 0 Å². The summed E-state index contributed by atoms with van der Waals surface area (Å²) in [5, 5.41) is 1.05. The summed E-state index contributed by atoms with van der Waals surface area (Å²) in [4.78, 5) is 2.64. The summed E-state index contributed by atoms with van der Waals surface area (Å²) in [5.41, 5.74) is 0. The van der Waals surface area contributed by atoms with Crippen LogP contribution in [-0.4, -0.2) is 28.4 Å². The highest BCUT2D eigenvalue weighted by Crippen LogP contribution is 1.91. The smallest absolute Gasteiger partial charge is 0.0928 e. The van der Waals surface area contributed by atoms with Crippen LogP contribution in [0.4, 0.5) is 0 Å². The van der Waals surface area contributed by atoms with E-state index in [1.807, 2.05) is 0 Å². The van der Waals surface area contributed by atoms with Gasteiger partial charge < -0.3 is 0 Å². The van der Waals surface area contributed by atoms with Gasteiger partial charge >= 0.3 is 23.1 Å².